The van der Waals surface area contributed by atoms with Crippen LogP contribution in [-0.4, -0.2) is 23.3 Å². The van der Waals surface area contributed by atoms with Gasteiger partial charge < -0.3 is 10.4 Å². The van der Waals surface area contributed by atoms with Gasteiger partial charge in [0.15, 0.2) is 0 Å². The molecule has 2 N–H and O–H groups in total. The van der Waals surface area contributed by atoms with E-state index < -0.39 is 5.54 Å². The Hall–Kier alpha value is -2.61. The maximum absolute atomic E-state index is 12.3. The highest BCUT2D eigenvalue weighted by Gasteiger charge is 2.52. The molecule has 1 heterocycles. The molecule has 0 spiro atoms. The van der Waals surface area contributed by atoms with Crippen LogP contribution in [0, 0.1) is 17.2 Å². The van der Waals surface area contributed by atoms with E-state index in [-0.39, 0.29) is 23.2 Å². The van der Waals surface area contributed by atoms with Gasteiger partial charge in [0.25, 0.3) is 5.91 Å². The molecule has 5 heteroatoms. The van der Waals surface area contributed by atoms with Crippen LogP contribution < -0.4 is 5.32 Å². The molecule has 1 fully saturated rings. The number of nitrogens with one attached hydrogen (secondary N) is 1. The highest BCUT2D eigenvalue weighted by atomic mass is 16.3. The first-order valence-electron chi connectivity index (χ1n) is 6.78. The zero-order chi connectivity index (χ0) is 15.2. The van der Waals surface area contributed by atoms with Gasteiger partial charge in [0, 0.05) is 5.56 Å². The van der Waals surface area contributed by atoms with Gasteiger partial charge in [-0.25, -0.2) is 0 Å². The van der Waals surface area contributed by atoms with Gasteiger partial charge in [0.05, 0.1) is 28.4 Å². The van der Waals surface area contributed by atoms with Gasteiger partial charge in [-0.1, -0.05) is 6.07 Å². The molecule has 0 saturated heterocycles. The predicted octanol–water partition coefficient (Wildman–Crippen LogP) is 2.46. The van der Waals surface area contributed by atoms with E-state index in [2.05, 4.69) is 17.0 Å². The Kier molecular flexibility index (Phi) is 2.84. The van der Waals surface area contributed by atoms with Crippen molar-refractivity contribution in [1.82, 2.24) is 5.32 Å². The smallest absolute Gasteiger partial charge is 0.256 e. The summed E-state index contributed by atoms with van der Waals surface area (Å²) in [6, 6.07) is 6.91. The first-order valence-corrected chi connectivity index (χ1v) is 6.78. The number of aliphatic hydroxyl groups excluding tert-OH is 1. The zero-order valence-electron chi connectivity index (χ0n) is 11.7. The Morgan fingerprint density at radius 2 is 2.24 bits per heavy atom. The quantitative estimate of drug-likeness (QED) is 0.834. The van der Waals surface area contributed by atoms with E-state index >= 15 is 0 Å². The maximum Gasteiger partial charge on any atom is 0.256 e. The van der Waals surface area contributed by atoms with Crippen molar-refractivity contribution in [3.8, 4) is 6.07 Å². The van der Waals surface area contributed by atoms with Gasteiger partial charge in [-0.2, -0.15) is 5.26 Å². The second-order valence-corrected chi connectivity index (χ2v) is 5.65. The van der Waals surface area contributed by atoms with Gasteiger partial charge in [-0.15, -0.1) is 0 Å². The van der Waals surface area contributed by atoms with Crippen LogP contribution in [0.15, 0.2) is 29.0 Å². The summed E-state index contributed by atoms with van der Waals surface area (Å²) in [6.07, 6.45) is 1.97. The Morgan fingerprint density at radius 3 is 2.81 bits per heavy atom. The largest absolute Gasteiger partial charge is 0.509 e. The molecular formula is C16H15N3O2. The fourth-order valence-corrected chi connectivity index (χ4v) is 2.87. The van der Waals surface area contributed by atoms with Crippen molar-refractivity contribution in [2.45, 2.75) is 25.3 Å². The van der Waals surface area contributed by atoms with E-state index in [9.17, 15) is 15.2 Å². The van der Waals surface area contributed by atoms with Crippen molar-refractivity contribution in [3.05, 3.63) is 35.1 Å². The van der Waals surface area contributed by atoms with Gasteiger partial charge in [0.2, 0.25) is 0 Å². The van der Waals surface area contributed by atoms with Crippen LogP contribution >= 0.6 is 0 Å². The number of hydrogen-bond donors (Lipinski definition) is 2. The third-order valence-electron chi connectivity index (χ3n) is 4.30. The van der Waals surface area contributed by atoms with Crippen LogP contribution in [-0.2, 0) is 4.79 Å². The molecule has 3 rings (SSSR count). The Labute approximate surface area is 122 Å². The lowest BCUT2D eigenvalue weighted by molar-refractivity contribution is -0.116. The summed E-state index contributed by atoms with van der Waals surface area (Å²) in [7, 11) is 0. The fourth-order valence-electron chi connectivity index (χ4n) is 2.87. The molecule has 1 aliphatic heterocycles. The summed E-state index contributed by atoms with van der Waals surface area (Å²) >= 11 is 0. The summed E-state index contributed by atoms with van der Waals surface area (Å²) in [4.78, 5) is 16.1. The Morgan fingerprint density at radius 1 is 1.52 bits per heavy atom. The van der Waals surface area contributed by atoms with Gasteiger partial charge in [0.1, 0.15) is 5.76 Å². The van der Waals surface area contributed by atoms with Crippen molar-refractivity contribution >= 4 is 23.9 Å². The second-order valence-electron chi connectivity index (χ2n) is 5.65. The summed E-state index contributed by atoms with van der Waals surface area (Å²) in [5.74, 6) is -0.0397. The minimum Gasteiger partial charge on any atom is -0.509 e. The van der Waals surface area contributed by atoms with Crippen molar-refractivity contribution in [3.63, 3.8) is 0 Å². The monoisotopic (exact) mass is 281 g/mol. The van der Waals surface area contributed by atoms with Crippen LogP contribution in [0.5, 0.6) is 0 Å². The summed E-state index contributed by atoms with van der Waals surface area (Å²) in [5, 5.41) is 22.7. The topological polar surface area (TPSA) is 85.5 Å². The predicted molar refractivity (Wildman–Crippen MR) is 79.2 cm³/mol. The van der Waals surface area contributed by atoms with Crippen LogP contribution in [0.1, 0.15) is 30.9 Å². The lowest BCUT2D eigenvalue weighted by atomic mass is 9.91. The van der Waals surface area contributed by atoms with Crippen LogP contribution in [0.25, 0.3) is 5.57 Å². The summed E-state index contributed by atoms with van der Waals surface area (Å²) in [6.45, 7) is 5.25. The molecule has 1 atom stereocenters. The molecule has 0 radical (unpaired) electrons. The molecular weight excluding hydrogens is 266 g/mol. The molecule has 21 heavy (non-hydrogen) atoms. The number of hydrogen-bond acceptors (Lipinski definition) is 4. The lowest BCUT2D eigenvalue weighted by Crippen LogP contribution is -2.43. The van der Waals surface area contributed by atoms with Crippen molar-refractivity contribution in [1.29, 1.82) is 5.26 Å². The molecule has 0 aromatic heterocycles. The van der Waals surface area contributed by atoms with Crippen molar-refractivity contribution in [2.24, 2.45) is 10.9 Å². The van der Waals surface area contributed by atoms with E-state index in [1.54, 1.807) is 18.2 Å². The molecule has 0 bridgehead atoms. The third kappa shape index (κ3) is 1.91. The minimum atomic E-state index is -0.714. The summed E-state index contributed by atoms with van der Waals surface area (Å²) < 4.78 is 0. The van der Waals surface area contributed by atoms with E-state index in [0.29, 0.717) is 16.8 Å². The Balaban J connectivity index is 2.15. The molecule has 5 nitrogen and oxygen atoms in total. The molecule has 1 aromatic carbocycles. The van der Waals surface area contributed by atoms with Gasteiger partial charge in [-0.3, -0.25) is 9.79 Å². The first-order chi connectivity index (χ1) is 10.0. The number of aliphatic hydroxyl groups is 1. The molecule has 2 aliphatic rings. The molecule has 1 aromatic rings. The number of carbonyl (C=O) groups excluding carboxylic acids is 1. The average molecular weight is 281 g/mol. The number of nitrogens with zero attached hydrogens (tertiary/aromatic N) is 2. The van der Waals surface area contributed by atoms with E-state index in [1.165, 1.54) is 0 Å². The number of nitriles is 1. The molecule has 1 unspecified atom stereocenters. The van der Waals surface area contributed by atoms with E-state index in [0.717, 1.165) is 12.8 Å². The molecule has 106 valence electrons. The molecule has 1 aliphatic carbocycles. The standard InChI is InChI=1S/C16H15N3O2/c1-16(10-3-4-10)14(20)13(15(21)19-16)12-6-5-11(18-2)7-9(12)8-17/h5-7,10,20H,2-4H2,1H3,(H,19,21). The first kappa shape index (κ1) is 13.4. The molecule has 1 saturated carbocycles. The minimum absolute atomic E-state index is 0.0332. The maximum atomic E-state index is 12.3. The number of amides is 1. The van der Waals surface area contributed by atoms with E-state index in [4.69, 9.17) is 0 Å². The van der Waals surface area contributed by atoms with E-state index in [1.807, 2.05) is 13.0 Å². The fraction of sp³-hybridized carbons (Fsp3) is 0.312. The SMILES string of the molecule is C=Nc1ccc(C2=C(O)C(C)(C3CC3)NC2=O)c(C#N)c1. The number of aliphatic imine (C=N–C) groups is 1. The number of rotatable bonds is 3. The van der Waals surface area contributed by atoms with Crippen molar-refractivity contribution < 1.29 is 9.90 Å². The second kappa shape index (κ2) is 4.45. The highest BCUT2D eigenvalue weighted by Crippen LogP contribution is 2.47. The molecule has 1 amide bonds. The Bertz CT molecular complexity index is 726. The number of benzene rings is 1. The van der Waals surface area contributed by atoms with Crippen LogP contribution in [0.3, 0.4) is 0 Å². The average Bonchev–Trinajstić information content (AvgIpc) is 3.29. The van der Waals surface area contributed by atoms with Crippen LogP contribution in [0.4, 0.5) is 5.69 Å². The van der Waals surface area contributed by atoms with Crippen LogP contribution in [0.2, 0.25) is 0 Å². The third-order valence-corrected chi connectivity index (χ3v) is 4.30. The normalized spacial score (nSPS) is 24.7. The zero-order valence-corrected chi connectivity index (χ0v) is 11.7. The highest BCUT2D eigenvalue weighted by molar-refractivity contribution is 6.23. The lowest BCUT2D eigenvalue weighted by Gasteiger charge is -2.24. The number of carbonyl (C=O) groups is 1. The summed E-state index contributed by atoms with van der Waals surface area (Å²) in [5.41, 5.74) is 0.769. The van der Waals surface area contributed by atoms with Crippen molar-refractivity contribution in [2.75, 3.05) is 0 Å². The van der Waals surface area contributed by atoms with Gasteiger partial charge in [-0.05, 0) is 44.5 Å². The van der Waals surface area contributed by atoms with Gasteiger partial charge >= 0.3 is 0 Å².